The Morgan fingerprint density at radius 3 is 2.95 bits per heavy atom. The second kappa shape index (κ2) is 7.07. The van der Waals surface area contributed by atoms with E-state index in [1.165, 1.54) is 11.3 Å². The number of ether oxygens (including phenoxy) is 1. The van der Waals surface area contributed by atoms with Crippen LogP contribution in [0.5, 0.6) is 0 Å². The van der Waals surface area contributed by atoms with Crippen molar-refractivity contribution >= 4 is 0 Å². The highest BCUT2D eigenvalue weighted by Crippen LogP contribution is 2.14. The van der Waals surface area contributed by atoms with Crippen LogP contribution in [0.15, 0.2) is 43.0 Å². The molecule has 0 spiro atoms. The maximum atomic E-state index is 5.09. The number of rotatable bonds is 7. The fourth-order valence-electron chi connectivity index (χ4n) is 1.99. The Kier molecular flexibility index (Phi) is 5.12. The van der Waals surface area contributed by atoms with Gasteiger partial charge in [-0.25, -0.2) is 4.98 Å². The summed E-state index contributed by atoms with van der Waals surface area (Å²) < 4.78 is 7.13. The van der Waals surface area contributed by atoms with Crippen molar-refractivity contribution in [2.45, 2.75) is 25.9 Å². The van der Waals surface area contributed by atoms with Crippen LogP contribution in [0.2, 0.25) is 0 Å². The van der Waals surface area contributed by atoms with E-state index in [1.54, 1.807) is 13.3 Å². The zero-order chi connectivity index (χ0) is 13.5. The first-order valence-electron chi connectivity index (χ1n) is 6.60. The lowest BCUT2D eigenvalue weighted by Crippen LogP contribution is -2.27. The first-order chi connectivity index (χ1) is 9.31. The normalized spacial score (nSPS) is 12.5. The second-order valence-electron chi connectivity index (χ2n) is 4.66. The van der Waals surface area contributed by atoms with E-state index in [4.69, 9.17) is 4.74 Å². The molecule has 0 saturated heterocycles. The van der Waals surface area contributed by atoms with E-state index in [9.17, 15) is 0 Å². The standard InChI is InChI=1S/C15H21N3O/c1-13(7-10-19-2)17-11-14-5-3-4-6-15(14)18-9-8-16-12-18/h3-6,8-9,12-13,17H,7,10-11H2,1-2H3/t13-/m0/s1. The molecule has 1 N–H and O–H groups in total. The molecule has 0 bridgehead atoms. The number of methoxy groups -OCH3 is 1. The largest absolute Gasteiger partial charge is 0.385 e. The molecule has 4 heteroatoms. The van der Waals surface area contributed by atoms with Crippen LogP contribution >= 0.6 is 0 Å². The molecule has 4 nitrogen and oxygen atoms in total. The zero-order valence-electron chi connectivity index (χ0n) is 11.5. The Morgan fingerprint density at radius 2 is 2.21 bits per heavy atom. The highest BCUT2D eigenvalue weighted by atomic mass is 16.5. The average Bonchev–Trinajstić information content (AvgIpc) is 2.97. The van der Waals surface area contributed by atoms with E-state index in [0.29, 0.717) is 6.04 Å². The van der Waals surface area contributed by atoms with Crippen LogP contribution in [0.4, 0.5) is 0 Å². The minimum atomic E-state index is 0.441. The lowest BCUT2D eigenvalue weighted by molar-refractivity contribution is 0.184. The van der Waals surface area contributed by atoms with E-state index in [1.807, 2.05) is 23.2 Å². The second-order valence-corrected chi connectivity index (χ2v) is 4.66. The van der Waals surface area contributed by atoms with Crippen molar-refractivity contribution in [3.05, 3.63) is 48.5 Å². The minimum absolute atomic E-state index is 0.441. The molecule has 0 unspecified atom stereocenters. The molecular weight excluding hydrogens is 238 g/mol. The van der Waals surface area contributed by atoms with Gasteiger partial charge in [0.1, 0.15) is 0 Å². The van der Waals surface area contributed by atoms with E-state index in [-0.39, 0.29) is 0 Å². The molecule has 0 amide bonds. The van der Waals surface area contributed by atoms with Crippen LogP contribution < -0.4 is 5.32 Å². The van der Waals surface area contributed by atoms with Crippen molar-refractivity contribution in [3.8, 4) is 5.69 Å². The Labute approximate surface area is 114 Å². The summed E-state index contributed by atoms with van der Waals surface area (Å²) in [6.45, 7) is 3.81. The fourth-order valence-corrected chi connectivity index (χ4v) is 1.99. The van der Waals surface area contributed by atoms with Gasteiger partial charge in [0.15, 0.2) is 0 Å². The molecule has 102 valence electrons. The van der Waals surface area contributed by atoms with E-state index < -0.39 is 0 Å². The van der Waals surface area contributed by atoms with Crippen LogP contribution in [0.3, 0.4) is 0 Å². The molecule has 1 heterocycles. The van der Waals surface area contributed by atoms with E-state index in [2.05, 4.69) is 35.4 Å². The zero-order valence-corrected chi connectivity index (χ0v) is 11.5. The fraction of sp³-hybridized carbons (Fsp3) is 0.400. The molecule has 0 fully saturated rings. The number of imidazole rings is 1. The molecule has 1 atom stereocenters. The maximum Gasteiger partial charge on any atom is 0.0991 e. The van der Waals surface area contributed by atoms with Crippen LogP contribution in [0, 0.1) is 0 Å². The molecule has 19 heavy (non-hydrogen) atoms. The molecule has 1 aromatic carbocycles. The topological polar surface area (TPSA) is 39.1 Å². The SMILES string of the molecule is COCC[C@H](C)NCc1ccccc1-n1ccnc1. The van der Waals surface area contributed by atoms with Gasteiger partial charge in [-0.15, -0.1) is 0 Å². The van der Waals surface area contributed by atoms with Gasteiger partial charge in [-0.05, 0) is 25.0 Å². The van der Waals surface area contributed by atoms with Crippen LogP contribution in [-0.2, 0) is 11.3 Å². The summed E-state index contributed by atoms with van der Waals surface area (Å²) in [5, 5.41) is 3.52. The average molecular weight is 259 g/mol. The number of nitrogens with zero attached hydrogens (tertiary/aromatic N) is 2. The molecule has 0 aliphatic heterocycles. The molecule has 2 rings (SSSR count). The Morgan fingerprint density at radius 1 is 1.37 bits per heavy atom. The molecule has 0 aliphatic rings. The number of benzene rings is 1. The number of nitrogens with one attached hydrogen (secondary N) is 1. The summed E-state index contributed by atoms with van der Waals surface area (Å²) in [6, 6.07) is 8.81. The smallest absolute Gasteiger partial charge is 0.0991 e. The third kappa shape index (κ3) is 3.91. The van der Waals surface area contributed by atoms with Crippen molar-refractivity contribution in [2.75, 3.05) is 13.7 Å². The van der Waals surface area contributed by atoms with Crippen molar-refractivity contribution in [1.82, 2.24) is 14.9 Å². The van der Waals surface area contributed by atoms with Crippen molar-refractivity contribution in [3.63, 3.8) is 0 Å². The summed E-state index contributed by atoms with van der Waals surface area (Å²) in [4.78, 5) is 4.10. The van der Waals surface area contributed by atoms with Crippen molar-refractivity contribution in [2.24, 2.45) is 0 Å². The summed E-state index contributed by atoms with van der Waals surface area (Å²) in [5.41, 5.74) is 2.44. The third-order valence-corrected chi connectivity index (χ3v) is 3.17. The first kappa shape index (κ1) is 13.8. The lowest BCUT2D eigenvalue weighted by Gasteiger charge is -2.15. The molecule has 2 aromatic rings. The minimum Gasteiger partial charge on any atom is -0.385 e. The van der Waals surface area contributed by atoms with Gasteiger partial charge in [-0.3, -0.25) is 0 Å². The number of hydrogen-bond acceptors (Lipinski definition) is 3. The maximum absolute atomic E-state index is 5.09. The van der Waals surface area contributed by atoms with Crippen LogP contribution in [0.1, 0.15) is 18.9 Å². The Bertz CT molecular complexity index is 482. The van der Waals surface area contributed by atoms with Gasteiger partial charge in [-0.2, -0.15) is 0 Å². The lowest BCUT2D eigenvalue weighted by atomic mass is 10.1. The number of aromatic nitrogens is 2. The number of hydrogen-bond donors (Lipinski definition) is 1. The van der Waals surface area contributed by atoms with Crippen molar-refractivity contribution < 1.29 is 4.74 Å². The van der Waals surface area contributed by atoms with Gasteiger partial charge in [0, 0.05) is 38.7 Å². The van der Waals surface area contributed by atoms with E-state index >= 15 is 0 Å². The van der Waals surface area contributed by atoms with Gasteiger partial charge < -0.3 is 14.6 Å². The summed E-state index contributed by atoms with van der Waals surface area (Å²) in [7, 11) is 1.74. The highest BCUT2D eigenvalue weighted by Gasteiger charge is 2.05. The quantitative estimate of drug-likeness (QED) is 0.830. The van der Waals surface area contributed by atoms with Gasteiger partial charge in [0.25, 0.3) is 0 Å². The number of para-hydroxylation sites is 1. The summed E-state index contributed by atoms with van der Waals surface area (Å²) >= 11 is 0. The Balaban J connectivity index is 2.01. The van der Waals surface area contributed by atoms with Crippen molar-refractivity contribution in [1.29, 1.82) is 0 Å². The Hall–Kier alpha value is -1.65. The predicted octanol–water partition coefficient (Wildman–Crippen LogP) is 2.39. The summed E-state index contributed by atoms with van der Waals surface area (Å²) in [5.74, 6) is 0. The highest BCUT2D eigenvalue weighted by molar-refractivity contribution is 5.40. The molecule has 0 radical (unpaired) electrons. The third-order valence-electron chi connectivity index (χ3n) is 3.17. The van der Waals surface area contributed by atoms with Gasteiger partial charge in [-0.1, -0.05) is 18.2 Å². The van der Waals surface area contributed by atoms with Gasteiger partial charge >= 0.3 is 0 Å². The van der Waals surface area contributed by atoms with E-state index in [0.717, 1.165) is 19.6 Å². The van der Waals surface area contributed by atoms with Gasteiger partial charge in [0.2, 0.25) is 0 Å². The first-order valence-corrected chi connectivity index (χ1v) is 6.60. The molecule has 0 saturated carbocycles. The monoisotopic (exact) mass is 259 g/mol. The molecule has 1 aromatic heterocycles. The summed E-state index contributed by atoms with van der Waals surface area (Å²) in [6.07, 6.45) is 6.61. The molecular formula is C15H21N3O. The molecule has 0 aliphatic carbocycles. The predicted molar refractivity (Wildman–Crippen MR) is 76.4 cm³/mol. The van der Waals surface area contributed by atoms with Crippen LogP contribution in [-0.4, -0.2) is 29.3 Å². The van der Waals surface area contributed by atoms with Crippen LogP contribution in [0.25, 0.3) is 5.69 Å². The van der Waals surface area contributed by atoms with Gasteiger partial charge in [0.05, 0.1) is 12.0 Å².